The van der Waals surface area contributed by atoms with Crippen LogP contribution >= 0.6 is 0 Å². The summed E-state index contributed by atoms with van der Waals surface area (Å²) in [7, 11) is 0. The van der Waals surface area contributed by atoms with Gasteiger partial charge >= 0.3 is 0 Å². The minimum absolute atomic E-state index is 0. The van der Waals surface area contributed by atoms with E-state index in [-0.39, 0.29) is 27.4 Å². The maximum atomic E-state index is 9.30. The van der Waals surface area contributed by atoms with Gasteiger partial charge in [0.1, 0.15) is 0 Å². The van der Waals surface area contributed by atoms with Crippen LogP contribution in [-0.4, -0.2) is 17.3 Å². The van der Waals surface area contributed by atoms with Gasteiger partial charge in [0, 0.05) is 27.4 Å². The van der Waals surface area contributed by atoms with Crippen molar-refractivity contribution in [3.63, 3.8) is 0 Å². The standard InChI is InChI=1S/C18H11NO.15H2/c1-3-4-5-6-7-8-9-10-11-12-13-14-15-16-18(20)17(2)19;;;;;;;;;;;;;;;/h16-18,20H,1,19H2,2H3;15*1H/t17-,18+;;;;;;;;;;;;;;;/m0.............../s1. The van der Waals surface area contributed by atoms with Crippen LogP contribution in [0.4, 0.5) is 0 Å². The van der Waals surface area contributed by atoms with Crippen molar-refractivity contribution in [3.05, 3.63) is 87.2 Å². The van der Waals surface area contributed by atoms with Gasteiger partial charge in [-0.05, 0) is 82.6 Å². The molecule has 0 rings (SSSR count). The maximum Gasteiger partial charge on any atom is 0.0949 e. The van der Waals surface area contributed by atoms with Gasteiger partial charge in [0.2, 0.25) is 0 Å². The zero-order valence-electron chi connectivity index (χ0n) is 11.0. The van der Waals surface area contributed by atoms with Crippen molar-refractivity contribution < 1.29 is 26.5 Å². The molecule has 0 unspecified atom stereocenters. The molecule has 2 nitrogen and oxygen atoms in total. The molecule has 0 amide bonds. The summed E-state index contributed by atoms with van der Waals surface area (Å²) in [6, 6.07) is -0.359. The van der Waals surface area contributed by atoms with E-state index in [0.29, 0.717) is 0 Å². The highest BCUT2D eigenvalue weighted by atomic mass is 16.3. The lowest BCUT2D eigenvalue weighted by Crippen LogP contribution is -2.29. The molecule has 0 fully saturated rings. The summed E-state index contributed by atoms with van der Waals surface area (Å²) >= 11 is 0. The van der Waals surface area contributed by atoms with E-state index in [2.05, 4.69) is 81.1 Å². The van der Waals surface area contributed by atoms with Crippen LogP contribution in [0.3, 0.4) is 0 Å². The first-order valence-corrected chi connectivity index (χ1v) is 5.48. The molecule has 0 saturated heterocycles. The van der Waals surface area contributed by atoms with E-state index < -0.39 is 6.10 Å². The van der Waals surface area contributed by atoms with Gasteiger partial charge in [0.15, 0.2) is 0 Å². The Morgan fingerprint density at radius 1 is 0.900 bits per heavy atom. The Morgan fingerprint density at radius 3 is 1.70 bits per heavy atom. The smallest absolute Gasteiger partial charge is 0.0949 e. The van der Waals surface area contributed by atoms with Crippen molar-refractivity contribution in [1.82, 2.24) is 0 Å². The van der Waals surface area contributed by atoms with Crippen molar-refractivity contribution in [2.75, 3.05) is 0 Å². The molecule has 0 aromatic rings. The molecule has 0 aliphatic rings. The van der Waals surface area contributed by atoms with Crippen LogP contribution in [0.1, 0.15) is 28.3 Å². The monoisotopic (exact) mass is 287 g/mol. The average Bonchev–Trinajstić information content (AvgIpc) is 2.43. The highest BCUT2D eigenvalue weighted by molar-refractivity contribution is 4.95. The van der Waals surface area contributed by atoms with E-state index in [4.69, 9.17) is 5.73 Å². The van der Waals surface area contributed by atoms with Crippen molar-refractivity contribution in [2.24, 2.45) is 5.73 Å². The van der Waals surface area contributed by atoms with Crippen molar-refractivity contribution >= 4 is 0 Å². The van der Waals surface area contributed by atoms with E-state index >= 15 is 0 Å². The van der Waals surface area contributed by atoms with Gasteiger partial charge in [-0.25, -0.2) is 0 Å². The molecule has 0 aromatic carbocycles. The van der Waals surface area contributed by atoms with Crippen LogP contribution in [-0.2, 0) is 0 Å². The molecule has 0 aliphatic heterocycles. The third-order valence-electron chi connectivity index (χ3n) is 1.58. The molecular weight excluding hydrogens is 246 g/mol. The first-order valence-electron chi connectivity index (χ1n) is 5.48. The zero-order chi connectivity index (χ0) is 15.1. The number of nitrogens with two attached hydrogens (primary N) is 1. The molecule has 3 N–H and O–H groups in total. The van der Waals surface area contributed by atoms with E-state index in [0.717, 1.165) is 0 Å². The topological polar surface area (TPSA) is 46.2 Å². The highest BCUT2D eigenvalue weighted by Gasteiger charge is 2.02. The molecule has 124 valence electrons. The lowest BCUT2D eigenvalue weighted by atomic mass is 10.2. The summed E-state index contributed by atoms with van der Waals surface area (Å²) < 4.78 is 0. The summed E-state index contributed by atoms with van der Waals surface area (Å²) in [4.78, 5) is 0. The summed E-state index contributed by atoms with van der Waals surface area (Å²) in [5.41, 5.74) is 37.6. The average molecular weight is 288 g/mol. The predicted octanol–water partition coefficient (Wildman–Crippen LogP) is 5.59. The van der Waals surface area contributed by atoms with Crippen LogP contribution in [0.5, 0.6) is 0 Å². The SMILES string of the molecule is C=C=C=C=C=C=C=C=C=C=C=C=C=C=C[C@@H](O)[C@H](C)N.[HH].[HH].[HH].[HH].[HH].[HH].[HH].[HH].[HH].[HH].[HH].[HH].[HH].[HH].[HH]. The minimum Gasteiger partial charge on any atom is -0.387 e. The number of hydrogen-bond acceptors (Lipinski definition) is 2. The Morgan fingerprint density at radius 2 is 1.30 bits per heavy atom. The number of hydrogen-bond donors (Lipinski definition) is 2. The fourth-order valence-electron chi connectivity index (χ4n) is 0.640. The van der Waals surface area contributed by atoms with Gasteiger partial charge in [-0.2, -0.15) is 0 Å². The summed E-state index contributed by atoms with van der Waals surface area (Å²) in [6.45, 7) is 4.98. The normalized spacial score (nSPS) is 8.95. The van der Waals surface area contributed by atoms with Crippen LogP contribution in [0.2, 0.25) is 0 Å². The molecule has 0 spiro atoms. The van der Waals surface area contributed by atoms with Crippen molar-refractivity contribution in [3.8, 4) is 0 Å². The fourth-order valence-corrected chi connectivity index (χ4v) is 0.640. The highest BCUT2D eigenvalue weighted by Crippen LogP contribution is 1.88. The molecule has 0 bridgehead atoms. The number of aliphatic hydroxyl groups is 1. The Labute approximate surface area is 140 Å². The van der Waals surface area contributed by atoms with Gasteiger partial charge < -0.3 is 10.8 Å². The first kappa shape index (κ1) is 16.8. The summed E-state index contributed by atoms with van der Waals surface area (Å²) in [6.07, 6.45) is 0.616. The molecule has 0 radical (unpaired) electrons. The third kappa shape index (κ3) is 11.3. The largest absolute Gasteiger partial charge is 0.387 e. The molecule has 2 atom stereocenters. The molecule has 0 aromatic heterocycles. The van der Waals surface area contributed by atoms with Crippen LogP contribution in [0.15, 0.2) is 87.2 Å². The molecule has 2 heteroatoms. The van der Waals surface area contributed by atoms with Crippen LogP contribution in [0, 0.1) is 0 Å². The van der Waals surface area contributed by atoms with E-state index in [1.165, 1.54) is 6.08 Å². The second-order valence-electron chi connectivity index (χ2n) is 3.21. The Balaban J connectivity index is -0.0000000172. The van der Waals surface area contributed by atoms with E-state index in [1.807, 2.05) is 0 Å². The van der Waals surface area contributed by atoms with E-state index in [1.54, 1.807) is 6.92 Å². The maximum absolute atomic E-state index is 9.30. The molecular formula is C18H41NO. The summed E-state index contributed by atoms with van der Waals surface area (Å²) in [5, 5.41) is 9.30. The summed E-state index contributed by atoms with van der Waals surface area (Å²) in [5.74, 6) is 0. The first-order chi connectivity index (χ1) is 9.68. The van der Waals surface area contributed by atoms with Gasteiger partial charge in [-0.3, -0.25) is 0 Å². The van der Waals surface area contributed by atoms with Gasteiger partial charge in [-0.1, -0.05) is 11.5 Å². The van der Waals surface area contributed by atoms with Gasteiger partial charge in [0.25, 0.3) is 0 Å². The lowest BCUT2D eigenvalue weighted by molar-refractivity contribution is 0.198. The number of aliphatic hydroxyl groups excluding tert-OH is 1. The second-order valence-corrected chi connectivity index (χ2v) is 3.21. The third-order valence-corrected chi connectivity index (χ3v) is 1.58. The Kier molecular flexibility index (Phi) is 10.3. The predicted molar refractivity (Wildman–Crippen MR) is 107 cm³/mol. The van der Waals surface area contributed by atoms with Crippen LogP contribution < -0.4 is 5.73 Å². The van der Waals surface area contributed by atoms with Crippen molar-refractivity contribution in [1.29, 1.82) is 0 Å². The van der Waals surface area contributed by atoms with E-state index in [9.17, 15) is 5.11 Å². The van der Waals surface area contributed by atoms with Gasteiger partial charge in [-0.15, -0.1) is 0 Å². The van der Waals surface area contributed by atoms with Gasteiger partial charge in [0.05, 0.1) is 6.10 Å². The zero-order valence-corrected chi connectivity index (χ0v) is 11.0. The molecule has 0 saturated carbocycles. The fraction of sp³-hybridized carbons (Fsp3) is 0.167. The quantitative estimate of drug-likeness (QED) is 0.651. The Hall–Kier alpha value is -3.20. The van der Waals surface area contributed by atoms with Crippen molar-refractivity contribution in [2.45, 2.75) is 19.1 Å². The minimum atomic E-state index is -0.762. The molecule has 20 heavy (non-hydrogen) atoms. The number of rotatable bonds is 2. The Bertz CT molecular complexity index is 857. The molecule has 0 heterocycles. The molecule has 0 aliphatic carbocycles. The lowest BCUT2D eigenvalue weighted by Gasteiger charge is -2.06. The van der Waals surface area contributed by atoms with Crippen LogP contribution in [0.25, 0.3) is 0 Å². The second kappa shape index (κ2) is 12.3.